The van der Waals surface area contributed by atoms with Crippen molar-refractivity contribution in [3.05, 3.63) is 63.2 Å². The minimum atomic E-state index is -0.402. The zero-order valence-corrected chi connectivity index (χ0v) is 13.5. The molecule has 0 saturated heterocycles. The monoisotopic (exact) mass is 315 g/mol. The molecule has 5 nitrogen and oxygen atoms in total. The topological polar surface area (TPSA) is 67.2 Å². The molecule has 2 aromatic rings. The van der Waals surface area contributed by atoms with Gasteiger partial charge in [0.2, 0.25) is 0 Å². The summed E-state index contributed by atoms with van der Waals surface area (Å²) < 4.78 is 0. The van der Waals surface area contributed by atoms with Gasteiger partial charge in [-0.2, -0.15) is 0 Å². The summed E-state index contributed by atoms with van der Waals surface area (Å²) in [6, 6.07) is 11.0. The number of benzene rings is 2. The number of nitrogens with one attached hydrogen (secondary N) is 2. The molecule has 6 heteroatoms. The minimum absolute atomic E-state index is 0.0687. The maximum Gasteiger partial charge on any atom is 0.274 e. The van der Waals surface area contributed by atoms with Gasteiger partial charge in [-0.15, -0.1) is 0 Å². The maximum atomic E-state index is 11.0. The second kappa shape index (κ2) is 6.53. The van der Waals surface area contributed by atoms with Crippen LogP contribution < -0.4 is 10.6 Å². The van der Waals surface area contributed by atoms with E-state index in [1.165, 1.54) is 6.07 Å². The van der Waals surface area contributed by atoms with Crippen molar-refractivity contribution in [2.24, 2.45) is 0 Å². The summed E-state index contributed by atoms with van der Waals surface area (Å²) in [6.45, 7) is 5.73. The van der Waals surface area contributed by atoms with Gasteiger partial charge in [-0.1, -0.05) is 12.1 Å². The number of hydrogen-bond donors (Lipinski definition) is 2. The first-order chi connectivity index (χ1) is 10.3. The van der Waals surface area contributed by atoms with Crippen LogP contribution in [0.15, 0.2) is 36.4 Å². The summed E-state index contributed by atoms with van der Waals surface area (Å²) in [6.07, 6.45) is 0. The highest BCUT2D eigenvalue weighted by molar-refractivity contribution is 7.80. The zero-order chi connectivity index (χ0) is 16.3. The van der Waals surface area contributed by atoms with Crippen LogP contribution in [0.2, 0.25) is 0 Å². The summed E-state index contributed by atoms with van der Waals surface area (Å²) in [5.41, 5.74) is 4.42. The summed E-state index contributed by atoms with van der Waals surface area (Å²) >= 11 is 5.25. The van der Waals surface area contributed by atoms with Crippen molar-refractivity contribution in [3.8, 4) is 0 Å². The molecule has 2 N–H and O–H groups in total. The molecule has 22 heavy (non-hydrogen) atoms. The third kappa shape index (κ3) is 4.02. The zero-order valence-electron chi connectivity index (χ0n) is 12.6. The molecule has 0 atom stereocenters. The van der Waals surface area contributed by atoms with Crippen LogP contribution in [-0.2, 0) is 0 Å². The number of nitro benzene ring substituents is 1. The summed E-state index contributed by atoms with van der Waals surface area (Å²) in [7, 11) is 0. The van der Waals surface area contributed by atoms with Crippen LogP contribution in [0.25, 0.3) is 0 Å². The van der Waals surface area contributed by atoms with Crippen LogP contribution >= 0.6 is 12.2 Å². The van der Waals surface area contributed by atoms with Gasteiger partial charge in [0.05, 0.1) is 4.92 Å². The number of hydrogen-bond acceptors (Lipinski definition) is 3. The van der Waals surface area contributed by atoms with Gasteiger partial charge in [0.25, 0.3) is 5.69 Å². The molecule has 2 rings (SSSR count). The number of thiocarbonyl (C=S) groups is 1. The van der Waals surface area contributed by atoms with Crippen molar-refractivity contribution >= 4 is 34.4 Å². The molecule has 0 radical (unpaired) electrons. The van der Waals surface area contributed by atoms with Crippen LogP contribution in [0.5, 0.6) is 0 Å². The molecule has 0 amide bonds. The standard InChI is InChI=1S/C16H17N3O2S/c1-10-6-11(2)8-14(7-10)18-16(22)17-13-5-4-12(3)15(9-13)19(20)21/h4-9H,1-3H3,(H2,17,18,22). The van der Waals surface area contributed by atoms with Gasteiger partial charge in [-0.3, -0.25) is 10.1 Å². The van der Waals surface area contributed by atoms with Gasteiger partial charge in [0.15, 0.2) is 5.11 Å². The maximum absolute atomic E-state index is 11.0. The SMILES string of the molecule is Cc1cc(C)cc(NC(=S)Nc2ccc(C)c([N+](=O)[O-])c2)c1. The highest BCUT2D eigenvalue weighted by Crippen LogP contribution is 2.22. The van der Waals surface area contributed by atoms with Crippen LogP contribution in [0, 0.1) is 30.9 Å². The van der Waals surface area contributed by atoms with E-state index in [-0.39, 0.29) is 5.69 Å². The normalized spacial score (nSPS) is 10.1. The smallest absolute Gasteiger partial charge is 0.274 e. The van der Waals surface area contributed by atoms with E-state index in [2.05, 4.69) is 16.7 Å². The highest BCUT2D eigenvalue weighted by atomic mass is 32.1. The quantitative estimate of drug-likeness (QED) is 0.501. The van der Waals surface area contributed by atoms with Crippen LogP contribution in [0.3, 0.4) is 0 Å². The third-order valence-corrected chi connectivity index (χ3v) is 3.35. The Morgan fingerprint density at radius 3 is 2.18 bits per heavy atom. The molecule has 0 aliphatic rings. The molecule has 0 saturated carbocycles. The number of aryl methyl sites for hydroxylation is 3. The second-order valence-corrected chi connectivity index (χ2v) is 5.62. The lowest BCUT2D eigenvalue weighted by atomic mass is 10.1. The van der Waals surface area contributed by atoms with Gasteiger partial charge in [0, 0.05) is 23.0 Å². The fraction of sp³-hybridized carbons (Fsp3) is 0.188. The Hall–Kier alpha value is -2.47. The van der Waals surface area contributed by atoms with Crippen molar-refractivity contribution < 1.29 is 4.92 Å². The molecule has 0 aromatic heterocycles. The third-order valence-electron chi connectivity index (χ3n) is 3.14. The molecule has 0 fully saturated rings. The highest BCUT2D eigenvalue weighted by Gasteiger charge is 2.11. The molecule has 0 bridgehead atoms. The van der Waals surface area contributed by atoms with Gasteiger partial charge in [-0.05, 0) is 62.3 Å². The fourth-order valence-corrected chi connectivity index (χ4v) is 2.46. The second-order valence-electron chi connectivity index (χ2n) is 5.21. The molecule has 0 aliphatic heterocycles. The number of nitrogens with zero attached hydrogens (tertiary/aromatic N) is 1. The van der Waals surface area contributed by atoms with E-state index in [0.29, 0.717) is 16.4 Å². The van der Waals surface area contributed by atoms with E-state index in [0.717, 1.165) is 16.8 Å². The lowest BCUT2D eigenvalue weighted by Crippen LogP contribution is -2.19. The first-order valence-electron chi connectivity index (χ1n) is 6.76. The van der Waals surface area contributed by atoms with Crippen molar-refractivity contribution in [3.63, 3.8) is 0 Å². The lowest BCUT2D eigenvalue weighted by Gasteiger charge is -2.12. The van der Waals surface area contributed by atoms with Crippen molar-refractivity contribution in [1.82, 2.24) is 0 Å². The van der Waals surface area contributed by atoms with E-state index < -0.39 is 4.92 Å². The number of rotatable bonds is 3. The van der Waals surface area contributed by atoms with E-state index >= 15 is 0 Å². The van der Waals surface area contributed by atoms with Crippen LogP contribution in [0.4, 0.5) is 17.1 Å². The average Bonchev–Trinajstić information content (AvgIpc) is 2.39. The van der Waals surface area contributed by atoms with Crippen LogP contribution in [0.1, 0.15) is 16.7 Å². The molecular weight excluding hydrogens is 298 g/mol. The lowest BCUT2D eigenvalue weighted by molar-refractivity contribution is -0.385. The molecule has 0 unspecified atom stereocenters. The average molecular weight is 315 g/mol. The van der Waals surface area contributed by atoms with E-state index in [9.17, 15) is 10.1 Å². The first kappa shape index (κ1) is 15.9. The van der Waals surface area contributed by atoms with Crippen molar-refractivity contribution in [1.29, 1.82) is 0 Å². The summed E-state index contributed by atoms with van der Waals surface area (Å²) in [4.78, 5) is 10.6. The molecule has 0 aliphatic carbocycles. The van der Waals surface area contributed by atoms with E-state index in [1.54, 1.807) is 19.1 Å². The van der Waals surface area contributed by atoms with Gasteiger partial charge in [0.1, 0.15) is 0 Å². The van der Waals surface area contributed by atoms with E-state index in [1.807, 2.05) is 26.0 Å². The van der Waals surface area contributed by atoms with E-state index in [4.69, 9.17) is 12.2 Å². The van der Waals surface area contributed by atoms with Crippen LogP contribution in [-0.4, -0.2) is 10.0 Å². The summed E-state index contributed by atoms with van der Waals surface area (Å²) in [5.74, 6) is 0. The fourth-order valence-electron chi connectivity index (χ4n) is 2.22. The van der Waals surface area contributed by atoms with Gasteiger partial charge in [-0.25, -0.2) is 0 Å². The van der Waals surface area contributed by atoms with Crippen molar-refractivity contribution in [2.75, 3.05) is 10.6 Å². The Morgan fingerprint density at radius 1 is 1.00 bits per heavy atom. The predicted molar refractivity (Wildman–Crippen MR) is 93.6 cm³/mol. The predicted octanol–water partition coefficient (Wildman–Crippen LogP) is 4.33. The Kier molecular flexibility index (Phi) is 4.72. The molecular formula is C16H17N3O2S. The van der Waals surface area contributed by atoms with Gasteiger partial charge >= 0.3 is 0 Å². The molecule has 0 spiro atoms. The Bertz CT molecular complexity index is 724. The molecule has 2 aromatic carbocycles. The molecule has 0 heterocycles. The van der Waals surface area contributed by atoms with Gasteiger partial charge < -0.3 is 10.6 Å². The number of anilines is 2. The Balaban J connectivity index is 2.12. The minimum Gasteiger partial charge on any atom is -0.332 e. The molecule has 114 valence electrons. The summed E-state index contributed by atoms with van der Waals surface area (Å²) in [5, 5.41) is 17.4. The Labute approximate surface area is 134 Å². The Morgan fingerprint density at radius 2 is 1.59 bits per heavy atom. The number of nitro groups is 1. The largest absolute Gasteiger partial charge is 0.332 e. The van der Waals surface area contributed by atoms with Crippen molar-refractivity contribution in [2.45, 2.75) is 20.8 Å². The first-order valence-corrected chi connectivity index (χ1v) is 7.17.